The van der Waals surface area contributed by atoms with Gasteiger partial charge in [-0.2, -0.15) is 0 Å². The van der Waals surface area contributed by atoms with Crippen LogP contribution in [0, 0.1) is 5.41 Å². The molecule has 0 radical (unpaired) electrons. The van der Waals surface area contributed by atoms with E-state index >= 15 is 0 Å². The van der Waals surface area contributed by atoms with E-state index in [4.69, 9.17) is 5.11 Å². The summed E-state index contributed by atoms with van der Waals surface area (Å²) in [6.07, 6.45) is 0.713. The average molecular weight is 206 g/mol. The highest BCUT2D eigenvalue weighted by atomic mass is 16.4. The molecule has 0 unspecified atom stereocenters. The zero-order valence-corrected chi connectivity index (χ0v) is 7.93. The second-order valence-electron chi connectivity index (χ2n) is 3.73. The van der Waals surface area contributed by atoms with Crippen molar-refractivity contribution in [3.05, 3.63) is 29.8 Å². The number of hydrogen-bond acceptors (Lipinski definition) is 3. The predicted octanol–water partition coefficient (Wildman–Crippen LogP) is 1.44. The summed E-state index contributed by atoms with van der Waals surface area (Å²) < 4.78 is 0. The number of aliphatic carboxylic acids is 1. The van der Waals surface area contributed by atoms with Crippen LogP contribution in [0.15, 0.2) is 24.3 Å². The normalized spacial score (nSPS) is 17.1. The van der Waals surface area contributed by atoms with Crippen LogP contribution in [0.25, 0.3) is 0 Å². The van der Waals surface area contributed by atoms with Gasteiger partial charge in [-0.1, -0.05) is 12.1 Å². The van der Waals surface area contributed by atoms with Gasteiger partial charge in [0.25, 0.3) is 0 Å². The first kappa shape index (κ1) is 9.71. The Bertz CT molecular complexity index is 432. The molecule has 1 saturated carbocycles. The molecule has 15 heavy (non-hydrogen) atoms. The van der Waals surface area contributed by atoms with Gasteiger partial charge in [0.1, 0.15) is 11.2 Å². The van der Waals surface area contributed by atoms with Crippen molar-refractivity contribution >= 4 is 11.8 Å². The topological polar surface area (TPSA) is 74.6 Å². The molecule has 1 fully saturated rings. The minimum Gasteiger partial charge on any atom is -0.507 e. The van der Waals surface area contributed by atoms with Gasteiger partial charge >= 0.3 is 5.97 Å². The Morgan fingerprint density at radius 1 is 1.20 bits per heavy atom. The van der Waals surface area contributed by atoms with E-state index in [2.05, 4.69) is 0 Å². The largest absolute Gasteiger partial charge is 0.507 e. The molecule has 0 aliphatic heterocycles. The van der Waals surface area contributed by atoms with Crippen molar-refractivity contribution in [2.24, 2.45) is 5.41 Å². The fraction of sp³-hybridized carbons (Fsp3) is 0.273. The summed E-state index contributed by atoms with van der Waals surface area (Å²) in [5, 5.41) is 18.4. The summed E-state index contributed by atoms with van der Waals surface area (Å²) in [6.45, 7) is 0. The third-order valence-corrected chi connectivity index (χ3v) is 2.74. The molecule has 78 valence electrons. The highest BCUT2D eigenvalue weighted by Crippen LogP contribution is 2.49. The van der Waals surface area contributed by atoms with Gasteiger partial charge in [-0.3, -0.25) is 9.59 Å². The molecule has 1 aromatic rings. The zero-order valence-electron chi connectivity index (χ0n) is 7.93. The molecule has 4 nitrogen and oxygen atoms in total. The number of rotatable bonds is 3. The number of phenolic OH excluding ortho intramolecular Hbond substituents is 1. The van der Waals surface area contributed by atoms with E-state index in [0.29, 0.717) is 12.8 Å². The maximum absolute atomic E-state index is 11.9. The van der Waals surface area contributed by atoms with E-state index < -0.39 is 17.2 Å². The van der Waals surface area contributed by atoms with Crippen LogP contribution in [-0.4, -0.2) is 22.0 Å². The number of Topliss-reactive ketones (excluding diaryl/α,β-unsaturated/α-hetero) is 1. The highest BCUT2D eigenvalue weighted by Gasteiger charge is 2.57. The quantitative estimate of drug-likeness (QED) is 0.579. The molecule has 0 atom stereocenters. The first-order valence-corrected chi connectivity index (χ1v) is 4.64. The Kier molecular flexibility index (Phi) is 2.00. The highest BCUT2D eigenvalue weighted by molar-refractivity contribution is 6.15. The van der Waals surface area contributed by atoms with Crippen molar-refractivity contribution in [1.82, 2.24) is 0 Å². The van der Waals surface area contributed by atoms with E-state index in [-0.39, 0.29) is 11.3 Å². The lowest BCUT2D eigenvalue weighted by molar-refractivity contribution is -0.141. The SMILES string of the molecule is O=C(O)C1(C(=O)c2ccccc2O)CC1. The van der Waals surface area contributed by atoms with Gasteiger partial charge in [-0.05, 0) is 25.0 Å². The van der Waals surface area contributed by atoms with Gasteiger partial charge in [0.2, 0.25) is 0 Å². The van der Waals surface area contributed by atoms with Crippen LogP contribution in [0.1, 0.15) is 23.2 Å². The zero-order chi connectivity index (χ0) is 11.1. The maximum Gasteiger partial charge on any atom is 0.317 e. The van der Waals surface area contributed by atoms with E-state index in [9.17, 15) is 14.7 Å². The molecule has 0 bridgehead atoms. The minimum atomic E-state index is -1.28. The van der Waals surface area contributed by atoms with Crippen LogP contribution in [0.3, 0.4) is 0 Å². The number of carboxylic acid groups (broad SMARTS) is 1. The number of phenols is 1. The lowest BCUT2D eigenvalue weighted by atomic mass is 9.94. The first-order chi connectivity index (χ1) is 7.08. The Labute approximate surface area is 86.2 Å². The van der Waals surface area contributed by atoms with E-state index in [1.165, 1.54) is 12.1 Å². The van der Waals surface area contributed by atoms with Gasteiger partial charge in [-0.25, -0.2) is 0 Å². The summed E-state index contributed by atoms with van der Waals surface area (Å²) in [5.41, 5.74) is -1.18. The number of para-hydroxylation sites is 1. The first-order valence-electron chi connectivity index (χ1n) is 4.64. The second kappa shape index (κ2) is 3.08. The number of aromatic hydroxyl groups is 1. The molecule has 2 N–H and O–H groups in total. The van der Waals surface area contributed by atoms with Crippen LogP contribution in [0.2, 0.25) is 0 Å². The summed E-state index contributed by atoms with van der Waals surface area (Å²) in [7, 11) is 0. The minimum absolute atomic E-state index is 0.0948. The van der Waals surface area contributed by atoms with Crippen molar-refractivity contribution < 1.29 is 19.8 Å². The average Bonchev–Trinajstić information content (AvgIpc) is 2.98. The molecule has 4 heteroatoms. The molecule has 2 rings (SSSR count). The molecule has 0 saturated heterocycles. The molecule has 1 aliphatic rings. The van der Waals surface area contributed by atoms with Gasteiger partial charge in [-0.15, -0.1) is 0 Å². The Hall–Kier alpha value is -1.84. The maximum atomic E-state index is 11.9. The van der Waals surface area contributed by atoms with E-state index in [0.717, 1.165) is 0 Å². The van der Waals surface area contributed by atoms with Crippen LogP contribution >= 0.6 is 0 Å². The molecule has 0 spiro atoms. The molecule has 0 heterocycles. The van der Waals surface area contributed by atoms with E-state index in [1.807, 2.05) is 0 Å². The summed E-state index contributed by atoms with van der Waals surface area (Å²) in [4.78, 5) is 22.8. The predicted molar refractivity (Wildman–Crippen MR) is 51.7 cm³/mol. The van der Waals surface area contributed by atoms with Gasteiger partial charge in [0.05, 0.1) is 5.56 Å². The Morgan fingerprint density at radius 3 is 2.27 bits per heavy atom. The van der Waals surface area contributed by atoms with Crippen molar-refractivity contribution in [1.29, 1.82) is 0 Å². The van der Waals surface area contributed by atoms with Crippen LogP contribution in [0.4, 0.5) is 0 Å². The third-order valence-electron chi connectivity index (χ3n) is 2.74. The summed E-state index contributed by atoms with van der Waals surface area (Å²) >= 11 is 0. The lowest BCUT2D eigenvalue weighted by Gasteiger charge is -2.09. The lowest BCUT2D eigenvalue weighted by Crippen LogP contribution is -2.25. The summed E-state index contributed by atoms with van der Waals surface area (Å²) in [6, 6.07) is 6.02. The molecule has 1 aliphatic carbocycles. The summed E-state index contributed by atoms with van der Waals surface area (Å²) in [5.74, 6) is -1.75. The number of hydrogen-bond donors (Lipinski definition) is 2. The molecular formula is C11H10O4. The number of carboxylic acids is 1. The molecule has 0 aromatic heterocycles. The van der Waals surface area contributed by atoms with Gasteiger partial charge in [0, 0.05) is 0 Å². The Morgan fingerprint density at radius 2 is 1.80 bits per heavy atom. The van der Waals surface area contributed by atoms with Crippen molar-refractivity contribution in [3.63, 3.8) is 0 Å². The smallest absolute Gasteiger partial charge is 0.317 e. The van der Waals surface area contributed by atoms with E-state index in [1.54, 1.807) is 12.1 Å². The fourth-order valence-electron chi connectivity index (χ4n) is 1.59. The Balaban J connectivity index is 2.38. The van der Waals surface area contributed by atoms with Crippen LogP contribution in [-0.2, 0) is 4.79 Å². The van der Waals surface area contributed by atoms with Gasteiger partial charge in [0.15, 0.2) is 5.78 Å². The van der Waals surface area contributed by atoms with Crippen LogP contribution < -0.4 is 0 Å². The van der Waals surface area contributed by atoms with Crippen molar-refractivity contribution in [2.75, 3.05) is 0 Å². The number of carbonyl (C=O) groups is 2. The van der Waals surface area contributed by atoms with Crippen molar-refractivity contribution in [3.8, 4) is 5.75 Å². The molecular weight excluding hydrogens is 196 g/mol. The molecule has 1 aromatic carbocycles. The second-order valence-corrected chi connectivity index (χ2v) is 3.73. The number of carbonyl (C=O) groups excluding carboxylic acids is 1. The number of ketones is 1. The third kappa shape index (κ3) is 1.38. The monoisotopic (exact) mass is 206 g/mol. The van der Waals surface area contributed by atoms with Crippen molar-refractivity contribution in [2.45, 2.75) is 12.8 Å². The van der Waals surface area contributed by atoms with Crippen LogP contribution in [0.5, 0.6) is 5.75 Å². The van der Waals surface area contributed by atoms with Gasteiger partial charge < -0.3 is 10.2 Å². The fourth-order valence-corrected chi connectivity index (χ4v) is 1.59. The standard InChI is InChI=1S/C11H10O4/c12-8-4-2-1-3-7(8)9(13)11(5-6-11)10(14)15/h1-4,12H,5-6H2,(H,14,15). The molecule has 0 amide bonds. The number of benzene rings is 1.